The Morgan fingerprint density at radius 3 is 2.30 bits per heavy atom. The summed E-state index contributed by atoms with van der Waals surface area (Å²) < 4.78 is 18.8. The van der Waals surface area contributed by atoms with Gasteiger partial charge in [0.05, 0.1) is 12.1 Å². The molecule has 2 aromatic rings. The van der Waals surface area contributed by atoms with E-state index in [9.17, 15) is 4.39 Å². The fraction of sp³-hybridized carbons (Fsp3) is 0.250. The van der Waals surface area contributed by atoms with Crippen molar-refractivity contribution in [2.24, 2.45) is 5.84 Å². The zero-order valence-electron chi connectivity index (χ0n) is 11.6. The molecule has 0 aliphatic carbocycles. The highest BCUT2D eigenvalue weighted by Crippen LogP contribution is 2.30. The Labute approximate surface area is 118 Å². The van der Waals surface area contributed by atoms with Gasteiger partial charge in [-0.25, -0.2) is 9.82 Å². The fourth-order valence-corrected chi connectivity index (χ4v) is 2.10. The van der Waals surface area contributed by atoms with E-state index < -0.39 is 0 Å². The molecule has 2 aromatic carbocycles. The normalized spacial score (nSPS) is 12.4. The number of ether oxygens (including phenoxy) is 1. The van der Waals surface area contributed by atoms with Crippen LogP contribution in [-0.2, 0) is 0 Å². The topological polar surface area (TPSA) is 47.3 Å². The van der Waals surface area contributed by atoms with Gasteiger partial charge < -0.3 is 4.74 Å². The lowest BCUT2D eigenvalue weighted by atomic mass is 9.98. The van der Waals surface area contributed by atoms with Crippen LogP contribution < -0.4 is 16.0 Å². The number of benzene rings is 2. The van der Waals surface area contributed by atoms with E-state index in [4.69, 9.17) is 10.6 Å². The first kappa shape index (κ1) is 14.5. The van der Waals surface area contributed by atoms with Crippen molar-refractivity contribution in [3.8, 4) is 5.75 Å². The Kier molecular flexibility index (Phi) is 4.71. The number of hydrogen-bond donors (Lipinski definition) is 2. The van der Waals surface area contributed by atoms with Crippen molar-refractivity contribution in [2.45, 2.75) is 26.0 Å². The number of rotatable bonds is 5. The smallest absolute Gasteiger partial charge is 0.124 e. The zero-order chi connectivity index (χ0) is 14.5. The minimum atomic E-state index is -0.267. The molecule has 0 amide bonds. The van der Waals surface area contributed by atoms with Crippen LogP contribution in [0.1, 0.15) is 31.0 Å². The molecule has 4 heteroatoms. The van der Waals surface area contributed by atoms with Crippen LogP contribution >= 0.6 is 0 Å². The maximum atomic E-state index is 13.0. The van der Waals surface area contributed by atoms with Crippen LogP contribution in [-0.4, -0.2) is 6.10 Å². The summed E-state index contributed by atoms with van der Waals surface area (Å²) in [6.45, 7) is 3.94. The van der Waals surface area contributed by atoms with Crippen LogP contribution in [0.4, 0.5) is 4.39 Å². The van der Waals surface area contributed by atoms with Crippen LogP contribution in [0.2, 0.25) is 0 Å². The average molecular weight is 274 g/mol. The van der Waals surface area contributed by atoms with Crippen molar-refractivity contribution in [1.82, 2.24) is 5.43 Å². The van der Waals surface area contributed by atoms with Crippen molar-refractivity contribution in [3.05, 3.63) is 65.5 Å². The molecule has 0 aliphatic rings. The molecule has 0 radical (unpaired) electrons. The highest BCUT2D eigenvalue weighted by atomic mass is 19.1. The van der Waals surface area contributed by atoms with Gasteiger partial charge in [-0.3, -0.25) is 5.84 Å². The molecule has 2 rings (SSSR count). The molecule has 0 aromatic heterocycles. The second-order valence-electron chi connectivity index (χ2n) is 4.86. The van der Waals surface area contributed by atoms with Crippen molar-refractivity contribution in [2.75, 3.05) is 0 Å². The molecule has 0 spiro atoms. The summed E-state index contributed by atoms with van der Waals surface area (Å²) in [4.78, 5) is 0. The number of nitrogens with one attached hydrogen (secondary N) is 1. The highest BCUT2D eigenvalue weighted by Gasteiger charge is 2.17. The lowest BCUT2D eigenvalue weighted by molar-refractivity contribution is 0.238. The average Bonchev–Trinajstić information content (AvgIpc) is 2.43. The van der Waals surface area contributed by atoms with Gasteiger partial charge in [0.1, 0.15) is 11.6 Å². The van der Waals surface area contributed by atoms with Gasteiger partial charge in [0.15, 0.2) is 0 Å². The molecular weight excluding hydrogens is 255 g/mol. The minimum Gasteiger partial charge on any atom is -0.491 e. The second-order valence-corrected chi connectivity index (χ2v) is 4.86. The summed E-state index contributed by atoms with van der Waals surface area (Å²) in [5.74, 6) is 6.18. The quantitative estimate of drug-likeness (QED) is 0.650. The largest absolute Gasteiger partial charge is 0.491 e. The molecule has 0 heterocycles. The molecule has 0 fully saturated rings. The maximum absolute atomic E-state index is 13.0. The molecule has 1 unspecified atom stereocenters. The number of para-hydroxylation sites is 1. The summed E-state index contributed by atoms with van der Waals surface area (Å²) in [7, 11) is 0. The van der Waals surface area contributed by atoms with E-state index in [0.29, 0.717) is 0 Å². The predicted octanol–water partition coefficient (Wildman–Crippen LogP) is 3.17. The van der Waals surface area contributed by atoms with Crippen LogP contribution in [0, 0.1) is 5.82 Å². The molecule has 1 atom stereocenters. The molecule has 20 heavy (non-hydrogen) atoms. The van der Waals surface area contributed by atoms with Gasteiger partial charge in [-0.05, 0) is 37.6 Å². The summed E-state index contributed by atoms with van der Waals surface area (Å²) in [6.07, 6.45) is 0.0720. The summed E-state index contributed by atoms with van der Waals surface area (Å²) in [5.41, 5.74) is 4.57. The lowest BCUT2D eigenvalue weighted by Gasteiger charge is -2.21. The van der Waals surface area contributed by atoms with Crippen molar-refractivity contribution >= 4 is 0 Å². The number of halogens is 1. The van der Waals surface area contributed by atoms with E-state index in [-0.39, 0.29) is 18.0 Å². The first-order valence-corrected chi connectivity index (χ1v) is 6.59. The highest BCUT2D eigenvalue weighted by molar-refractivity contribution is 5.41. The lowest BCUT2D eigenvalue weighted by Crippen LogP contribution is -2.29. The van der Waals surface area contributed by atoms with Gasteiger partial charge in [0, 0.05) is 5.56 Å². The Morgan fingerprint density at radius 1 is 1.05 bits per heavy atom. The van der Waals surface area contributed by atoms with Crippen LogP contribution in [0.3, 0.4) is 0 Å². The van der Waals surface area contributed by atoms with Crippen molar-refractivity contribution < 1.29 is 9.13 Å². The van der Waals surface area contributed by atoms with Crippen LogP contribution in [0.25, 0.3) is 0 Å². The summed E-state index contributed by atoms with van der Waals surface area (Å²) in [5, 5.41) is 0. The molecule has 106 valence electrons. The van der Waals surface area contributed by atoms with E-state index in [1.165, 1.54) is 12.1 Å². The maximum Gasteiger partial charge on any atom is 0.124 e. The zero-order valence-corrected chi connectivity index (χ0v) is 11.6. The first-order chi connectivity index (χ1) is 9.61. The second kappa shape index (κ2) is 6.50. The van der Waals surface area contributed by atoms with Gasteiger partial charge in [-0.15, -0.1) is 0 Å². The Bertz CT molecular complexity index is 555. The third kappa shape index (κ3) is 3.35. The molecule has 0 saturated heterocycles. The fourth-order valence-electron chi connectivity index (χ4n) is 2.10. The third-order valence-electron chi connectivity index (χ3n) is 2.96. The Morgan fingerprint density at radius 2 is 1.70 bits per heavy atom. The molecule has 3 N–H and O–H groups in total. The molecule has 0 aliphatic heterocycles. The van der Waals surface area contributed by atoms with Crippen molar-refractivity contribution in [1.29, 1.82) is 0 Å². The van der Waals surface area contributed by atoms with Crippen molar-refractivity contribution in [3.63, 3.8) is 0 Å². The minimum absolute atomic E-state index is 0.0720. The Balaban J connectivity index is 2.38. The van der Waals surface area contributed by atoms with E-state index in [0.717, 1.165) is 16.9 Å². The summed E-state index contributed by atoms with van der Waals surface area (Å²) >= 11 is 0. The van der Waals surface area contributed by atoms with Gasteiger partial charge in [-0.1, -0.05) is 30.3 Å². The summed E-state index contributed by atoms with van der Waals surface area (Å²) in [6, 6.07) is 13.7. The van der Waals surface area contributed by atoms with Crippen LogP contribution in [0.5, 0.6) is 5.75 Å². The molecule has 0 bridgehead atoms. The van der Waals surface area contributed by atoms with Gasteiger partial charge in [-0.2, -0.15) is 0 Å². The molecule has 0 saturated carbocycles. The first-order valence-electron chi connectivity index (χ1n) is 6.59. The molecule has 3 nitrogen and oxygen atoms in total. The van der Waals surface area contributed by atoms with E-state index in [1.54, 1.807) is 12.1 Å². The number of hydrazine groups is 1. The number of nitrogens with two attached hydrogens (primary N) is 1. The monoisotopic (exact) mass is 274 g/mol. The SMILES string of the molecule is CC(C)Oc1ccccc1C(NN)c1ccc(F)cc1. The molecular formula is C16H19FN2O. The van der Waals surface area contributed by atoms with E-state index in [2.05, 4.69) is 5.43 Å². The van der Waals surface area contributed by atoms with Gasteiger partial charge in [0.2, 0.25) is 0 Å². The van der Waals surface area contributed by atoms with Gasteiger partial charge >= 0.3 is 0 Å². The van der Waals surface area contributed by atoms with E-state index >= 15 is 0 Å². The van der Waals surface area contributed by atoms with Crippen LogP contribution in [0.15, 0.2) is 48.5 Å². The number of hydrogen-bond acceptors (Lipinski definition) is 3. The van der Waals surface area contributed by atoms with Gasteiger partial charge in [0.25, 0.3) is 0 Å². The van der Waals surface area contributed by atoms with E-state index in [1.807, 2.05) is 38.1 Å². The third-order valence-corrected chi connectivity index (χ3v) is 2.96. The predicted molar refractivity (Wildman–Crippen MR) is 77.8 cm³/mol. The Hall–Kier alpha value is -1.91. The standard InChI is InChI=1S/C16H19FN2O/c1-11(2)20-15-6-4-3-5-14(15)16(19-18)12-7-9-13(17)10-8-12/h3-11,16,19H,18H2,1-2H3.